The highest BCUT2D eigenvalue weighted by Gasteiger charge is 2.69. The second kappa shape index (κ2) is 6.15. The zero-order valence-corrected chi connectivity index (χ0v) is 16.9. The van der Waals surface area contributed by atoms with Crippen molar-refractivity contribution in [2.24, 2.45) is 17.8 Å². The second-order valence-corrected chi connectivity index (χ2v) is 9.25. The van der Waals surface area contributed by atoms with E-state index in [1.807, 2.05) is 13.8 Å². The van der Waals surface area contributed by atoms with E-state index in [4.69, 9.17) is 9.47 Å². The van der Waals surface area contributed by atoms with Gasteiger partial charge in [-0.2, -0.15) is 0 Å². The van der Waals surface area contributed by atoms with Crippen molar-refractivity contribution >= 4 is 17.7 Å². The molecule has 0 aromatic carbocycles. The third-order valence-electron chi connectivity index (χ3n) is 7.95. The first-order chi connectivity index (χ1) is 13.4. The summed E-state index contributed by atoms with van der Waals surface area (Å²) in [4.78, 5) is 40.5. The number of carbonyl (C=O) groups excluding carboxylic acids is 3. The molecule has 152 valence electrons. The van der Waals surface area contributed by atoms with Gasteiger partial charge in [0.2, 0.25) is 0 Å². The van der Waals surface area contributed by atoms with E-state index >= 15 is 0 Å². The molecule has 0 bridgehead atoms. The summed E-state index contributed by atoms with van der Waals surface area (Å²) >= 11 is 0. The minimum atomic E-state index is -0.664. The van der Waals surface area contributed by atoms with Gasteiger partial charge in [0, 0.05) is 12.3 Å². The SMILES string of the molecule is CC[C@@H]1[C@@H]2OC(=O)[C@H](C)C2=C2C[C@@H]([C@@H]3C[C@H](C)C(=O)O3)N3CCCCC(=O)[C@]213. The van der Waals surface area contributed by atoms with Crippen LogP contribution in [0.5, 0.6) is 0 Å². The molecule has 0 aromatic rings. The van der Waals surface area contributed by atoms with Crippen molar-refractivity contribution < 1.29 is 23.9 Å². The fraction of sp³-hybridized carbons (Fsp3) is 0.773. The van der Waals surface area contributed by atoms with Crippen molar-refractivity contribution in [2.45, 2.75) is 83.1 Å². The number of hydrogen-bond acceptors (Lipinski definition) is 6. The van der Waals surface area contributed by atoms with Crippen LogP contribution in [0.15, 0.2) is 11.1 Å². The van der Waals surface area contributed by atoms with Crippen molar-refractivity contribution in [1.29, 1.82) is 0 Å². The highest BCUT2D eigenvalue weighted by Crippen LogP contribution is 2.60. The van der Waals surface area contributed by atoms with Crippen LogP contribution in [0.25, 0.3) is 0 Å². The fourth-order valence-corrected chi connectivity index (χ4v) is 6.77. The summed E-state index contributed by atoms with van der Waals surface area (Å²) < 4.78 is 11.6. The highest BCUT2D eigenvalue weighted by atomic mass is 16.6. The first-order valence-corrected chi connectivity index (χ1v) is 10.9. The van der Waals surface area contributed by atoms with Gasteiger partial charge in [-0.05, 0) is 56.7 Å². The van der Waals surface area contributed by atoms with Crippen LogP contribution in [-0.4, -0.2) is 53.0 Å². The molecule has 4 aliphatic heterocycles. The van der Waals surface area contributed by atoms with Gasteiger partial charge in [-0.3, -0.25) is 19.3 Å². The zero-order chi connectivity index (χ0) is 19.8. The number of hydrogen-bond donors (Lipinski definition) is 0. The third-order valence-corrected chi connectivity index (χ3v) is 7.95. The lowest BCUT2D eigenvalue weighted by atomic mass is 9.76. The molecule has 6 nitrogen and oxygen atoms in total. The topological polar surface area (TPSA) is 72.9 Å². The summed E-state index contributed by atoms with van der Waals surface area (Å²) in [6, 6.07) is 0.0244. The van der Waals surface area contributed by atoms with Gasteiger partial charge in [0.1, 0.15) is 17.7 Å². The van der Waals surface area contributed by atoms with E-state index in [2.05, 4.69) is 11.8 Å². The maximum absolute atomic E-state index is 13.7. The largest absolute Gasteiger partial charge is 0.460 e. The van der Waals surface area contributed by atoms with Crippen LogP contribution in [0, 0.1) is 17.8 Å². The Hall–Kier alpha value is -1.69. The van der Waals surface area contributed by atoms with Crippen LogP contribution in [0.4, 0.5) is 0 Å². The Balaban J connectivity index is 1.66. The summed E-state index contributed by atoms with van der Waals surface area (Å²) in [5.74, 6) is -0.430. The fourth-order valence-electron chi connectivity index (χ4n) is 6.77. The summed E-state index contributed by atoms with van der Waals surface area (Å²) in [7, 11) is 0. The van der Waals surface area contributed by atoms with Gasteiger partial charge in [-0.15, -0.1) is 0 Å². The molecule has 1 spiro atoms. The number of carbonyl (C=O) groups is 3. The van der Waals surface area contributed by atoms with E-state index in [-0.39, 0.29) is 53.7 Å². The molecule has 5 rings (SSSR count). The van der Waals surface area contributed by atoms with E-state index in [9.17, 15) is 14.4 Å². The van der Waals surface area contributed by atoms with Crippen LogP contribution in [0.2, 0.25) is 0 Å². The van der Waals surface area contributed by atoms with Gasteiger partial charge in [0.15, 0.2) is 5.78 Å². The van der Waals surface area contributed by atoms with Crippen molar-refractivity contribution in [3.63, 3.8) is 0 Å². The summed E-state index contributed by atoms with van der Waals surface area (Å²) in [6.07, 6.45) is 4.20. The average Bonchev–Trinajstić information content (AvgIpc) is 3.29. The maximum atomic E-state index is 13.7. The van der Waals surface area contributed by atoms with E-state index < -0.39 is 5.54 Å². The summed E-state index contributed by atoms with van der Waals surface area (Å²) in [5.41, 5.74) is 1.51. The molecule has 1 aliphatic carbocycles. The molecule has 7 atom stereocenters. The minimum Gasteiger partial charge on any atom is -0.460 e. The molecule has 4 saturated heterocycles. The Morgan fingerprint density at radius 2 is 1.89 bits per heavy atom. The zero-order valence-electron chi connectivity index (χ0n) is 16.9. The van der Waals surface area contributed by atoms with E-state index in [0.29, 0.717) is 19.3 Å². The summed E-state index contributed by atoms with van der Waals surface area (Å²) in [5, 5.41) is 0. The lowest BCUT2D eigenvalue weighted by Crippen LogP contribution is -2.59. The Morgan fingerprint density at radius 3 is 2.57 bits per heavy atom. The quantitative estimate of drug-likeness (QED) is 0.535. The molecule has 5 aliphatic rings. The van der Waals surface area contributed by atoms with Gasteiger partial charge in [-0.25, -0.2) is 0 Å². The van der Waals surface area contributed by atoms with Crippen molar-refractivity contribution in [3.8, 4) is 0 Å². The van der Waals surface area contributed by atoms with Crippen molar-refractivity contribution in [1.82, 2.24) is 4.90 Å². The number of Topliss-reactive ketones (excluding diaryl/α,β-unsaturated/α-hetero) is 1. The van der Waals surface area contributed by atoms with Gasteiger partial charge < -0.3 is 9.47 Å². The van der Waals surface area contributed by atoms with Crippen LogP contribution in [0.1, 0.15) is 59.3 Å². The molecule has 0 radical (unpaired) electrons. The first-order valence-electron chi connectivity index (χ1n) is 10.9. The molecule has 0 saturated carbocycles. The molecular weight excluding hydrogens is 358 g/mol. The number of ketones is 1. The van der Waals surface area contributed by atoms with Crippen molar-refractivity contribution in [3.05, 3.63) is 11.1 Å². The molecule has 0 unspecified atom stereocenters. The molecule has 0 N–H and O–H groups in total. The van der Waals surface area contributed by atoms with Gasteiger partial charge in [0.25, 0.3) is 0 Å². The van der Waals surface area contributed by atoms with Crippen LogP contribution in [-0.2, 0) is 23.9 Å². The van der Waals surface area contributed by atoms with Gasteiger partial charge in [0.05, 0.1) is 17.9 Å². The lowest BCUT2D eigenvalue weighted by molar-refractivity contribution is -0.152. The maximum Gasteiger partial charge on any atom is 0.313 e. The van der Waals surface area contributed by atoms with Crippen LogP contribution >= 0.6 is 0 Å². The number of rotatable bonds is 2. The standard InChI is InChI=1S/C22H29NO5/c1-4-13-19-18(12(3)21(26)28-19)14-10-15(16-9-11(2)20(25)27-16)23-8-6-5-7-17(24)22(13,14)23/h11-13,15-16,19H,4-10H2,1-3H3/t11-,12+,13+,15-,16-,19-,22+/m0/s1. The van der Waals surface area contributed by atoms with Crippen molar-refractivity contribution in [2.75, 3.05) is 6.54 Å². The van der Waals surface area contributed by atoms with E-state index in [1.54, 1.807) is 0 Å². The molecule has 0 aromatic heterocycles. The predicted molar refractivity (Wildman–Crippen MR) is 100 cm³/mol. The number of fused-ring (bicyclic) bond motifs is 1. The van der Waals surface area contributed by atoms with Gasteiger partial charge >= 0.3 is 11.9 Å². The molecular formula is C22H29NO5. The average molecular weight is 387 g/mol. The normalized spacial score (nSPS) is 45.6. The van der Waals surface area contributed by atoms with Crippen LogP contribution < -0.4 is 0 Å². The smallest absolute Gasteiger partial charge is 0.313 e. The first kappa shape index (κ1) is 18.3. The molecule has 0 amide bonds. The molecule has 4 fully saturated rings. The molecule has 28 heavy (non-hydrogen) atoms. The Bertz CT molecular complexity index is 788. The van der Waals surface area contributed by atoms with E-state index in [0.717, 1.165) is 37.0 Å². The minimum absolute atomic E-state index is 0.0244. The third kappa shape index (κ3) is 2.10. The Morgan fingerprint density at radius 1 is 1.11 bits per heavy atom. The Labute approximate surface area is 165 Å². The van der Waals surface area contributed by atoms with E-state index in [1.165, 1.54) is 0 Å². The van der Waals surface area contributed by atoms with Gasteiger partial charge in [-0.1, -0.05) is 13.8 Å². The number of cyclic esters (lactones) is 1. The molecule has 6 heteroatoms. The summed E-state index contributed by atoms with van der Waals surface area (Å²) in [6.45, 7) is 6.76. The predicted octanol–water partition coefficient (Wildman–Crippen LogP) is 2.40. The monoisotopic (exact) mass is 387 g/mol. The Kier molecular flexibility index (Phi) is 4.03. The molecule has 4 heterocycles. The lowest BCUT2D eigenvalue weighted by Gasteiger charge is -2.43. The second-order valence-electron chi connectivity index (χ2n) is 9.25. The van der Waals surface area contributed by atoms with Crippen LogP contribution in [0.3, 0.4) is 0 Å². The number of esters is 2. The number of nitrogens with zero attached hydrogens (tertiary/aromatic N) is 1. The highest BCUT2D eigenvalue weighted by molar-refractivity contribution is 5.96. The number of ether oxygens (including phenoxy) is 2.